The monoisotopic (exact) mass is 238 g/mol. The fourth-order valence-corrected chi connectivity index (χ4v) is 1.57. The van der Waals surface area contributed by atoms with Crippen LogP contribution < -0.4 is 10.0 Å². The molecule has 0 fully saturated rings. The van der Waals surface area contributed by atoms with Gasteiger partial charge in [0.25, 0.3) is 0 Å². The van der Waals surface area contributed by atoms with Gasteiger partial charge in [-0.2, -0.15) is 0 Å². The molecule has 0 unspecified atom stereocenters. The van der Waals surface area contributed by atoms with Crippen molar-refractivity contribution in [2.45, 2.75) is 26.3 Å². The van der Waals surface area contributed by atoms with Crippen LogP contribution in [0.4, 0.5) is 0 Å². The van der Waals surface area contributed by atoms with E-state index in [1.807, 2.05) is 0 Å². The number of carbonyl (C=O) groups excluding carboxylic acids is 1. The van der Waals surface area contributed by atoms with E-state index >= 15 is 0 Å². The Morgan fingerprint density at radius 1 is 1.33 bits per heavy atom. The van der Waals surface area contributed by atoms with E-state index < -0.39 is 28.3 Å². The van der Waals surface area contributed by atoms with Gasteiger partial charge in [0.2, 0.25) is 15.9 Å². The number of carbonyl (C=O) groups is 1. The summed E-state index contributed by atoms with van der Waals surface area (Å²) in [5.74, 6) is -0.792. The second-order valence-electron chi connectivity index (χ2n) is 4.16. The highest BCUT2D eigenvalue weighted by Crippen LogP contribution is 1.97. The highest BCUT2D eigenvalue weighted by atomic mass is 32.2. The summed E-state index contributed by atoms with van der Waals surface area (Å²) in [5, 5.41) is 11.0. The third-order valence-electron chi connectivity index (χ3n) is 1.33. The van der Waals surface area contributed by atoms with Gasteiger partial charge in [0.05, 0.1) is 18.9 Å². The lowest BCUT2D eigenvalue weighted by Gasteiger charge is -2.20. The summed E-state index contributed by atoms with van der Waals surface area (Å²) in [6, 6.07) is 0. The molecule has 0 aliphatic rings. The smallest absolute Gasteiger partial charge is 0.235 e. The molecule has 0 radical (unpaired) electrons. The van der Waals surface area contributed by atoms with Crippen molar-refractivity contribution >= 4 is 15.9 Å². The summed E-state index contributed by atoms with van der Waals surface area (Å²) in [7, 11) is -3.54. The molecular weight excluding hydrogens is 220 g/mol. The zero-order chi connectivity index (χ0) is 12.1. The molecule has 0 bridgehead atoms. The van der Waals surface area contributed by atoms with Gasteiger partial charge in [0.1, 0.15) is 0 Å². The second-order valence-corrected chi connectivity index (χ2v) is 6.09. The van der Waals surface area contributed by atoms with Crippen LogP contribution in [0.1, 0.15) is 20.8 Å². The van der Waals surface area contributed by atoms with Gasteiger partial charge in [-0.3, -0.25) is 4.79 Å². The summed E-state index contributed by atoms with van der Waals surface area (Å²) in [6.07, 6.45) is 0. The molecule has 0 saturated heterocycles. The van der Waals surface area contributed by atoms with Crippen LogP contribution in [0.3, 0.4) is 0 Å². The van der Waals surface area contributed by atoms with Crippen LogP contribution in [0, 0.1) is 0 Å². The van der Waals surface area contributed by atoms with Gasteiger partial charge < -0.3 is 10.4 Å². The van der Waals surface area contributed by atoms with Crippen LogP contribution in [0.25, 0.3) is 0 Å². The first-order chi connectivity index (χ1) is 6.66. The molecule has 0 spiro atoms. The Morgan fingerprint density at radius 3 is 2.27 bits per heavy atom. The summed E-state index contributed by atoms with van der Waals surface area (Å²) in [4.78, 5) is 11.2. The lowest BCUT2D eigenvalue weighted by molar-refractivity contribution is -0.121. The topological polar surface area (TPSA) is 95.5 Å². The van der Waals surface area contributed by atoms with Crippen LogP contribution >= 0.6 is 0 Å². The summed E-state index contributed by atoms with van der Waals surface area (Å²) in [5.41, 5.74) is -0.389. The molecule has 6 nitrogen and oxygen atoms in total. The highest BCUT2D eigenvalue weighted by Gasteiger charge is 2.16. The maximum absolute atomic E-state index is 11.2. The molecule has 0 saturated carbocycles. The largest absolute Gasteiger partial charge is 0.395 e. The average Bonchev–Trinajstić information content (AvgIpc) is 1.98. The Morgan fingerprint density at radius 2 is 1.87 bits per heavy atom. The molecule has 90 valence electrons. The Labute approximate surface area is 90.1 Å². The molecule has 0 rings (SSSR count). The van der Waals surface area contributed by atoms with Crippen molar-refractivity contribution in [2.24, 2.45) is 0 Å². The molecule has 0 aromatic rings. The predicted octanol–water partition coefficient (Wildman–Crippen LogP) is -1.19. The van der Waals surface area contributed by atoms with E-state index in [1.165, 1.54) is 0 Å². The molecule has 0 aromatic heterocycles. The molecule has 3 N–H and O–H groups in total. The SMILES string of the molecule is CC(C)(C)NC(=O)CNS(=O)(=O)CCO. The van der Waals surface area contributed by atoms with Crippen LogP contribution in [0.15, 0.2) is 0 Å². The van der Waals surface area contributed by atoms with Gasteiger partial charge in [-0.15, -0.1) is 0 Å². The summed E-state index contributed by atoms with van der Waals surface area (Å²) >= 11 is 0. The number of hydrogen-bond acceptors (Lipinski definition) is 4. The van der Waals surface area contributed by atoms with E-state index in [1.54, 1.807) is 20.8 Å². The predicted molar refractivity (Wildman–Crippen MR) is 56.8 cm³/mol. The van der Waals surface area contributed by atoms with E-state index in [4.69, 9.17) is 5.11 Å². The molecule has 15 heavy (non-hydrogen) atoms. The van der Waals surface area contributed by atoms with Gasteiger partial charge in [-0.1, -0.05) is 0 Å². The van der Waals surface area contributed by atoms with Gasteiger partial charge in [-0.25, -0.2) is 13.1 Å². The Bertz CT molecular complexity index is 305. The number of rotatable bonds is 5. The zero-order valence-corrected chi connectivity index (χ0v) is 10.0. The van der Waals surface area contributed by atoms with E-state index in [9.17, 15) is 13.2 Å². The fourth-order valence-electron chi connectivity index (χ4n) is 0.830. The van der Waals surface area contributed by atoms with Gasteiger partial charge in [-0.05, 0) is 20.8 Å². The normalized spacial score (nSPS) is 12.5. The lowest BCUT2D eigenvalue weighted by atomic mass is 10.1. The van der Waals surface area contributed by atoms with Crippen molar-refractivity contribution in [3.05, 3.63) is 0 Å². The number of aliphatic hydroxyl groups is 1. The maximum atomic E-state index is 11.2. The van der Waals surface area contributed by atoms with Crippen molar-refractivity contribution in [1.82, 2.24) is 10.0 Å². The number of hydrogen-bond donors (Lipinski definition) is 3. The van der Waals surface area contributed by atoms with Crippen molar-refractivity contribution < 1.29 is 18.3 Å². The van der Waals surface area contributed by atoms with Crippen LogP contribution in [-0.2, 0) is 14.8 Å². The zero-order valence-electron chi connectivity index (χ0n) is 9.20. The minimum atomic E-state index is -3.54. The molecule has 0 atom stereocenters. The first-order valence-corrected chi connectivity index (χ1v) is 6.21. The van der Waals surface area contributed by atoms with E-state index in [2.05, 4.69) is 10.0 Å². The summed E-state index contributed by atoms with van der Waals surface area (Å²) in [6.45, 7) is 4.63. The van der Waals surface area contributed by atoms with Gasteiger partial charge >= 0.3 is 0 Å². The highest BCUT2D eigenvalue weighted by molar-refractivity contribution is 7.89. The number of nitrogens with one attached hydrogen (secondary N) is 2. The van der Waals surface area contributed by atoms with E-state index in [0.717, 1.165) is 0 Å². The Balaban J connectivity index is 4.02. The van der Waals surface area contributed by atoms with Crippen LogP contribution in [0.5, 0.6) is 0 Å². The first-order valence-electron chi connectivity index (χ1n) is 4.55. The minimum Gasteiger partial charge on any atom is -0.395 e. The number of sulfonamides is 1. The third-order valence-corrected chi connectivity index (χ3v) is 2.63. The van der Waals surface area contributed by atoms with Gasteiger partial charge in [0.15, 0.2) is 0 Å². The molecule has 0 aliphatic heterocycles. The maximum Gasteiger partial charge on any atom is 0.235 e. The molecule has 0 aromatic carbocycles. The molecule has 7 heteroatoms. The molecule has 0 heterocycles. The van der Waals surface area contributed by atoms with Crippen molar-refractivity contribution in [3.8, 4) is 0 Å². The third kappa shape index (κ3) is 8.34. The first kappa shape index (κ1) is 14.3. The molecular formula is C8H18N2O4S. The van der Waals surface area contributed by atoms with Crippen molar-refractivity contribution in [1.29, 1.82) is 0 Å². The van der Waals surface area contributed by atoms with Crippen molar-refractivity contribution in [2.75, 3.05) is 18.9 Å². The summed E-state index contributed by atoms with van der Waals surface area (Å²) < 4.78 is 24.2. The standard InChI is InChI=1S/C8H18N2O4S/c1-8(2,3)10-7(12)6-9-15(13,14)5-4-11/h9,11H,4-6H2,1-3H3,(H,10,12). The second kappa shape index (κ2) is 5.43. The number of aliphatic hydroxyl groups excluding tert-OH is 1. The van der Waals surface area contributed by atoms with Crippen molar-refractivity contribution in [3.63, 3.8) is 0 Å². The fraction of sp³-hybridized carbons (Fsp3) is 0.875. The Kier molecular flexibility index (Phi) is 5.19. The Hall–Kier alpha value is -0.660. The van der Waals surface area contributed by atoms with Crippen LogP contribution in [-0.4, -0.2) is 43.9 Å². The minimum absolute atomic E-state index is 0.306. The van der Waals surface area contributed by atoms with Gasteiger partial charge in [0, 0.05) is 5.54 Å². The average molecular weight is 238 g/mol. The van der Waals surface area contributed by atoms with E-state index in [0.29, 0.717) is 0 Å². The molecule has 1 amide bonds. The van der Waals surface area contributed by atoms with E-state index in [-0.39, 0.29) is 12.1 Å². The quantitative estimate of drug-likeness (QED) is 0.561. The molecule has 0 aliphatic carbocycles. The lowest BCUT2D eigenvalue weighted by Crippen LogP contribution is -2.46. The van der Waals surface area contributed by atoms with Crippen LogP contribution in [0.2, 0.25) is 0 Å². The number of amides is 1.